The summed E-state index contributed by atoms with van der Waals surface area (Å²) in [5.74, 6) is -1.94. The van der Waals surface area contributed by atoms with Gasteiger partial charge in [-0.1, -0.05) is 11.6 Å². The highest BCUT2D eigenvalue weighted by Gasteiger charge is 2.30. The van der Waals surface area contributed by atoms with Gasteiger partial charge in [0.1, 0.15) is 0 Å². The van der Waals surface area contributed by atoms with Crippen LogP contribution in [0.15, 0.2) is 16.9 Å². The van der Waals surface area contributed by atoms with Crippen molar-refractivity contribution in [1.82, 2.24) is 4.98 Å². The molecule has 0 saturated carbocycles. The van der Waals surface area contributed by atoms with E-state index in [1.807, 2.05) is 0 Å². The second kappa shape index (κ2) is 5.94. The minimum absolute atomic E-state index is 0.00312. The number of ether oxygens (including phenoxy) is 1. The van der Waals surface area contributed by atoms with Crippen LogP contribution >= 0.6 is 11.6 Å². The van der Waals surface area contributed by atoms with Crippen molar-refractivity contribution in [2.45, 2.75) is 31.3 Å². The van der Waals surface area contributed by atoms with Crippen LogP contribution in [0.25, 0.3) is 10.9 Å². The summed E-state index contributed by atoms with van der Waals surface area (Å²) >= 11 is 5.79. The molecule has 0 saturated heterocycles. The molecule has 2 atom stereocenters. The number of hydrogen-bond donors (Lipinski definition) is 2. The molecule has 122 valence electrons. The second-order valence-corrected chi connectivity index (χ2v) is 6.13. The van der Waals surface area contributed by atoms with Gasteiger partial charge in [-0.05, 0) is 25.0 Å². The van der Waals surface area contributed by atoms with Crippen molar-refractivity contribution >= 4 is 28.4 Å². The van der Waals surface area contributed by atoms with E-state index in [1.165, 1.54) is 12.1 Å². The minimum Gasteiger partial charge on any atom is -0.381 e. The highest BCUT2D eigenvalue weighted by atomic mass is 35.5. The molecular weight excluding hydrogens is 323 g/mol. The van der Waals surface area contributed by atoms with Crippen LogP contribution < -0.4 is 11.2 Å². The highest BCUT2D eigenvalue weighted by Crippen LogP contribution is 2.31. The van der Waals surface area contributed by atoms with E-state index in [0.717, 1.165) is 0 Å². The zero-order chi connectivity index (χ0) is 16.7. The molecule has 5 nitrogen and oxygen atoms in total. The van der Waals surface area contributed by atoms with Crippen LogP contribution in [-0.4, -0.2) is 24.1 Å². The van der Waals surface area contributed by atoms with Crippen molar-refractivity contribution in [2.75, 3.05) is 7.11 Å². The first-order valence-electron chi connectivity index (χ1n) is 7.29. The summed E-state index contributed by atoms with van der Waals surface area (Å²) in [6, 6.07) is 2.82. The maximum atomic E-state index is 14.3. The number of H-pyrrole nitrogens is 1. The molecular formula is C16H16ClFN2O3. The molecule has 1 amide bonds. The molecule has 3 rings (SSSR count). The van der Waals surface area contributed by atoms with Gasteiger partial charge in [-0.3, -0.25) is 9.59 Å². The number of carbonyl (C=O) groups is 1. The summed E-state index contributed by atoms with van der Waals surface area (Å²) in [5.41, 5.74) is 5.96. The predicted molar refractivity (Wildman–Crippen MR) is 85.2 cm³/mol. The number of nitrogens with one attached hydrogen (secondary N) is 1. The third-order valence-electron chi connectivity index (χ3n) is 4.43. The van der Waals surface area contributed by atoms with Gasteiger partial charge in [0.15, 0.2) is 11.2 Å². The number of aromatic nitrogens is 1. The van der Waals surface area contributed by atoms with Crippen LogP contribution in [0.4, 0.5) is 4.39 Å². The van der Waals surface area contributed by atoms with E-state index in [-0.39, 0.29) is 27.5 Å². The second-order valence-electron chi connectivity index (χ2n) is 5.72. The average Bonchev–Trinajstić information content (AvgIpc) is 2.71. The molecule has 1 aromatic carbocycles. The van der Waals surface area contributed by atoms with Gasteiger partial charge in [0.05, 0.1) is 22.6 Å². The molecule has 0 spiro atoms. The fourth-order valence-corrected chi connectivity index (χ4v) is 3.33. The number of nitrogens with two attached hydrogens (primary N) is 1. The zero-order valence-electron chi connectivity index (χ0n) is 12.5. The fourth-order valence-electron chi connectivity index (χ4n) is 3.17. The lowest BCUT2D eigenvalue weighted by Crippen LogP contribution is -2.25. The number of primary amides is 1. The van der Waals surface area contributed by atoms with Crippen LogP contribution in [0.3, 0.4) is 0 Å². The number of amides is 1. The number of methoxy groups -OCH3 is 1. The molecule has 7 heteroatoms. The molecule has 3 N–H and O–H groups in total. The molecule has 23 heavy (non-hydrogen) atoms. The number of aromatic amines is 1. The lowest BCUT2D eigenvalue weighted by Gasteiger charge is -2.15. The Hall–Kier alpha value is -1.92. The summed E-state index contributed by atoms with van der Waals surface area (Å²) in [7, 11) is 1.56. The average molecular weight is 339 g/mol. The van der Waals surface area contributed by atoms with Gasteiger partial charge in [0.25, 0.3) is 0 Å². The van der Waals surface area contributed by atoms with Gasteiger partial charge in [0, 0.05) is 30.2 Å². The minimum atomic E-state index is -0.708. The van der Waals surface area contributed by atoms with Gasteiger partial charge in [0.2, 0.25) is 5.91 Å². The van der Waals surface area contributed by atoms with Gasteiger partial charge in [-0.25, -0.2) is 4.39 Å². The van der Waals surface area contributed by atoms with E-state index in [0.29, 0.717) is 30.5 Å². The standard InChI is InChI=1S/C16H16ClFN2O3/c1-23-7-2-3-9(16(19)22)13-10(6-7)15(21)8-4-5-11(17)12(18)14(8)20-13/h4-5,7,9H,2-3,6H2,1H3,(H2,19,22)(H,20,21). The SMILES string of the molecule is COC1CCC(C(N)=O)c2[nH]c3c(F)c(Cl)ccc3c(=O)c2C1. The van der Waals surface area contributed by atoms with Gasteiger partial charge in [-0.15, -0.1) is 0 Å². The third kappa shape index (κ3) is 2.62. The zero-order valence-corrected chi connectivity index (χ0v) is 13.2. The van der Waals surface area contributed by atoms with Crippen LogP contribution in [0, 0.1) is 5.82 Å². The maximum absolute atomic E-state index is 14.3. The quantitative estimate of drug-likeness (QED) is 0.823. The van der Waals surface area contributed by atoms with E-state index < -0.39 is 17.6 Å². The molecule has 2 unspecified atom stereocenters. The monoisotopic (exact) mass is 338 g/mol. The Labute approximate surface area is 136 Å². The van der Waals surface area contributed by atoms with E-state index in [1.54, 1.807) is 7.11 Å². The lowest BCUT2D eigenvalue weighted by molar-refractivity contribution is -0.119. The lowest BCUT2D eigenvalue weighted by atomic mass is 9.96. The molecule has 0 radical (unpaired) electrons. The number of fused-ring (bicyclic) bond motifs is 2. The van der Waals surface area contributed by atoms with Gasteiger partial charge < -0.3 is 15.5 Å². The molecule has 1 aliphatic carbocycles. The first kappa shape index (κ1) is 16.0. The molecule has 2 aromatic rings. The number of pyridine rings is 1. The summed E-state index contributed by atoms with van der Waals surface area (Å²) in [6.07, 6.45) is 1.19. The van der Waals surface area contributed by atoms with Gasteiger partial charge >= 0.3 is 0 Å². The first-order chi connectivity index (χ1) is 10.9. The Balaban J connectivity index is 2.35. The Bertz CT molecular complexity index is 849. The van der Waals surface area contributed by atoms with E-state index in [2.05, 4.69) is 4.98 Å². The number of rotatable bonds is 2. The molecule has 0 aliphatic heterocycles. The van der Waals surface area contributed by atoms with Crippen molar-refractivity contribution in [1.29, 1.82) is 0 Å². The maximum Gasteiger partial charge on any atom is 0.226 e. The Morgan fingerprint density at radius 3 is 2.83 bits per heavy atom. The fraction of sp³-hybridized carbons (Fsp3) is 0.375. The Morgan fingerprint density at radius 1 is 1.43 bits per heavy atom. The van der Waals surface area contributed by atoms with Gasteiger partial charge in [-0.2, -0.15) is 0 Å². The van der Waals surface area contributed by atoms with Crippen LogP contribution in [0.5, 0.6) is 0 Å². The normalized spacial score (nSPS) is 21.0. The van der Waals surface area contributed by atoms with Crippen LogP contribution in [0.1, 0.15) is 30.0 Å². The molecule has 1 aliphatic rings. The summed E-state index contributed by atoms with van der Waals surface area (Å²) in [4.78, 5) is 27.5. The molecule has 0 fully saturated rings. The van der Waals surface area contributed by atoms with Crippen molar-refractivity contribution < 1.29 is 13.9 Å². The molecule has 1 heterocycles. The number of halogens is 2. The van der Waals surface area contributed by atoms with Crippen molar-refractivity contribution in [3.63, 3.8) is 0 Å². The summed E-state index contributed by atoms with van der Waals surface area (Å²) in [5, 5.41) is 0.109. The van der Waals surface area contributed by atoms with Crippen molar-refractivity contribution in [3.05, 3.63) is 44.5 Å². The highest BCUT2D eigenvalue weighted by molar-refractivity contribution is 6.31. The Kier molecular flexibility index (Phi) is 4.12. The summed E-state index contributed by atoms with van der Waals surface area (Å²) in [6.45, 7) is 0. The van der Waals surface area contributed by atoms with E-state index in [4.69, 9.17) is 22.1 Å². The Morgan fingerprint density at radius 2 is 2.17 bits per heavy atom. The molecule has 1 aromatic heterocycles. The third-order valence-corrected chi connectivity index (χ3v) is 4.72. The number of benzene rings is 1. The summed E-state index contributed by atoms with van der Waals surface area (Å²) < 4.78 is 19.6. The van der Waals surface area contributed by atoms with E-state index >= 15 is 0 Å². The predicted octanol–water partition coefficient (Wildman–Crippen LogP) is 2.24. The van der Waals surface area contributed by atoms with Crippen LogP contribution in [0.2, 0.25) is 5.02 Å². The van der Waals surface area contributed by atoms with E-state index in [9.17, 15) is 14.0 Å². The molecule has 0 bridgehead atoms. The number of carbonyl (C=O) groups excluding carboxylic acids is 1. The smallest absolute Gasteiger partial charge is 0.226 e. The van der Waals surface area contributed by atoms with Crippen LogP contribution in [-0.2, 0) is 16.0 Å². The van der Waals surface area contributed by atoms with Crippen molar-refractivity contribution in [3.8, 4) is 0 Å². The first-order valence-corrected chi connectivity index (χ1v) is 7.66. The van der Waals surface area contributed by atoms with Crippen molar-refractivity contribution in [2.24, 2.45) is 5.73 Å². The largest absolute Gasteiger partial charge is 0.381 e. The number of hydrogen-bond acceptors (Lipinski definition) is 3. The topological polar surface area (TPSA) is 85.2 Å².